The highest BCUT2D eigenvalue weighted by molar-refractivity contribution is 5.87. The van der Waals surface area contributed by atoms with Crippen molar-refractivity contribution in [3.05, 3.63) is 24.0 Å². The average molecular weight is 238 g/mol. The van der Waals surface area contributed by atoms with E-state index in [1.54, 1.807) is 12.1 Å². The Balaban J connectivity index is 2.99. The summed E-state index contributed by atoms with van der Waals surface area (Å²) in [5, 5.41) is 0. The van der Waals surface area contributed by atoms with E-state index in [1.807, 2.05) is 27.7 Å². The number of hydrogen-bond donors (Lipinski definition) is 1. The number of halogens is 1. The second kappa shape index (κ2) is 5.17. The van der Waals surface area contributed by atoms with Crippen LogP contribution in [-0.2, 0) is 0 Å². The summed E-state index contributed by atoms with van der Waals surface area (Å²) in [4.78, 5) is 4.19. The second-order valence-corrected chi connectivity index (χ2v) is 4.79. The lowest BCUT2D eigenvalue weighted by molar-refractivity contribution is 0.321. The zero-order chi connectivity index (χ0) is 13.1. The molecule has 0 radical (unpaired) electrons. The smallest absolute Gasteiger partial charge is 0.167 e. The van der Waals surface area contributed by atoms with Gasteiger partial charge in [0.1, 0.15) is 5.84 Å². The molecule has 2 N–H and O–H groups in total. The van der Waals surface area contributed by atoms with Gasteiger partial charge in [0.15, 0.2) is 11.6 Å². The van der Waals surface area contributed by atoms with Gasteiger partial charge in [-0.3, -0.25) is 0 Å². The van der Waals surface area contributed by atoms with Gasteiger partial charge in [-0.2, -0.15) is 0 Å². The van der Waals surface area contributed by atoms with Gasteiger partial charge >= 0.3 is 0 Å². The zero-order valence-electron chi connectivity index (χ0n) is 10.7. The molecule has 0 aliphatic heterocycles. The molecule has 1 rings (SSSR count). The number of nitrogens with two attached hydrogens (primary N) is 1. The van der Waals surface area contributed by atoms with Gasteiger partial charge in [-0.1, -0.05) is 20.8 Å². The van der Waals surface area contributed by atoms with Crippen LogP contribution in [0.4, 0.5) is 10.1 Å². The van der Waals surface area contributed by atoms with E-state index < -0.39 is 5.82 Å². The molecular weight excluding hydrogens is 219 g/mol. The van der Waals surface area contributed by atoms with Crippen LogP contribution in [0.15, 0.2) is 23.2 Å². The van der Waals surface area contributed by atoms with Crippen LogP contribution >= 0.6 is 0 Å². The molecule has 0 unspecified atom stereocenters. The van der Waals surface area contributed by atoms with Gasteiger partial charge in [-0.05, 0) is 19.1 Å². The quantitative estimate of drug-likeness (QED) is 0.649. The van der Waals surface area contributed by atoms with Crippen molar-refractivity contribution in [2.75, 3.05) is 6.61 Å². The summed E-state index contributed by atoms with van der Waals surface area (Å²) < 4.78 is 18.7. The lowest BCUT2D eigenvalue weighted by Gasteiger charge is -2.17. The largest absolute Gasteiger partial charge is 0.491 e. The topological polar surface area (TPSA) is 47.6 Å². The van der Waals surface area contributed by atoms with Crippen LogP contribution in [0.2, 0.25) is 0 Å². The number of benzene rings is 1. The lowest BCUT2D eigenvalue weighted by atomic mass is 9.95. The van der Waals surface area contributed by atoms with Gasteiger partial charge in [0.05, 0.1) is 12.3 Å². The maximum atomic E-state index is 13.5. The first-order valence-electron chi connectivity index (χ1n) is 5.61. The second-order valence-electron chi connectivity index (χ2n) is 4.79. The summed E-state index contributed by atoms with van der Waals surface area (Å²) in [5.74, 6) is 0.289. The number of hydrogen-bond acceptors (Lipinski definition) is 2. The molecular formula is C13H19FN2O. The highest BCUT2D eigenvalue weighted by Crippen LogP contribution is 2.24. The SMILES string of the molecule is CCOc1ccc(N=C(N)C(C)(C)C)cc1F. The summed E-state index contributed by atoms with van der Waals surface area (Å²) in [6, 6.07) is 4.57. The number of aliphatic imine (C=N–C) groups is 1. The van der Waals surface area contributed by atoms with Crippen molar-refractivity contribution >= 4 is 11.5 Å². The van der Waals surface area contributed by atoms with Crippen LogP contribution in [0, 0.1) is 11.2 Å². The highest BCUT2D eigenvalue weighted by atomic mass is 19.1. The fraction of sp³-hybridized carbons (Fsp3) is 0.462. The van der Waals surface area contributed by atoms with Gasteiger partial charge < -0.3 is 10.5 Å². The van der Waals surface area contributed by atoms with Crippen molar-refractivity contribution in [2.45, 2.75) is 27.7 Å². The highest BCUT2D eigenvalue weighted by Gasteiger charge is 2.15. The summed E-state index contributed by atoms with van der Waals surface area (Å²) in [5.41, 5.74) is 6.10. The molecule has 0 spiro atoms. The van der Waals surface area contributed by atoms with E-state index in [0.717, 1.165) is 0 Å². The Bertz CT molecular complexity index is 422. The average Bonchev–Trinajstić information content (AvgIpc) is 2.21. The maximum absolute atomic E-state index is 13.5. The molecule has 1 aromatic carbocycles. The Hall–Kier alpha value is -1.58. The third-order valence-corrected chi connectivity index (χ3v) is 2.23. The Morgan fingerprint density at radius 3 is 2.53 bits per heavy atom. The van der Waals surface area contributed by atoms with Gasteiger partial charge in [0.2, 0.25) is 0 Å². The minimum atomic E-state index is -0.421. The van der Waals surface area contributed by atoms with Gasteiger partial charge in [-0.25, -0.2) is 9.38 Å². The molecule has 3 nitrogen and oxygen atoms in total. The molecule has 0 bridgehead atoms. The Morgan fingerprint density at radius 2 is 2.06 bits per heavy atom. The van der Waals surface area contributed by atoms with Crippen molar-refractivity contribution in [3.8, 4) is 5.75 Å². The first-order valence-corrected chi connectivity index (χ1v) is 5.61. The van der Waals surface area contributed by atoms with Crippen molar-refractivity contribution in [1.29, 1.82) is 0 Å². The van der Waals surface area contributed by atoms with E-state index in [4.69, 9.17) is 10.5 Å². The van der Waals surface area contributed by atoms with Crippen LogP contribution in [0.1, 0.15) is 27.7 Å². The Labute approximate surface area is 102 Å². The first-order chi connectivity index (χ1) is 7.84. The van der Waals surface area contributed by atoms with Crippen LogP contribution in [0.25, 0.3) is 0 Å². The molecule has 0 atom stereocenters. The van der Waals surface area contributed by atoms with E-state index in [0.29, 0.717) is 18.1 Å². The number of amidine groups is 1. The molecule has 0 amide bonds. The fourth-order valence-electron chi connectivity index (χ4n) is 1.14. The molecule has 0 aromatic heterocycles. The molecule has 0 aliphatic carbocycles. The molecule has 0 fully saturated rings. The van der Waals surface area contributed by atoms with Gasteiger partial charge in [-0.15, -0.1) is 0 Å². The molecule has 1 aromatic rings. The predicted octanol–water partition coefficient (Wildman–Crippen LogP) is 3.26. The van der Waals surface area contributed by atoms with Crippen LogP contribution in [0.5, 0.6) is 5.75 Å². The number of ether oxygens (including phenoxy) is 1. The standard InChI is InChI=1S/C13H19FN2O/c1-5-17-11-7-6-9(8-10(11)14)16-12(15)13(2,3)4/h6-8H,5H2,1-4H3,(H2,15,16). The summed E-state index contributed by atoms with van der Waals surface area (Å²) in [6.45, 7) is 8.11. The fourth-order valence-corrected chi connectivity index (χ4v) is 1.14. The summed E-state index contributed by atoms with van der Waals surface area (Å²) >= 11 is 0. The first kappa shape index (κ1) is 13.5. The van der Waals surface area contributed by atoms with Crippen LogP contribution in [-0.4, -0.2) is 12.4 Å². The summed E-state index contributed by atoms with van der Waals surface area (Å²) in [6.07, 6.45) is 0. The van der Waals surface area contributed by atoms with Gasteiger partial charge in [0.25, 0.3) is 0 Å². The van der Waals surface area contributed by atoms with E-state index >= 15 is 0 Å². The third-order valence-electron chi connectivity index (χ3n) is 2.23. The zero-order valence-corrected chi connectivity index (χ0v) is 10.7. The van der Waals surface area contributed by atoms with E-state index in [9.17, 15) is 4.39 Å². The van der Waals surface area contributed by atoms with E-state index in [-0.39, 0.29) is 11.2 Å². The minimum Gasteiger partial charge on any atom is -0.491 e. The lowest BCUT2D eigenvalue weighted by Crippen LogP contribution is -2.28. The Kier molecular flexibility index (Phi) is 4.10. The summed E-state index contributed by atoms with van der Waals surface area (Å²) in [7, 11) is 0. The predicted molar refractivity (Wildman–Crippen MR) is 68.3 cm³/mol. The molecule has 17 heavy (non-hydrogen) atoms. The normalized spacial score (nSPS) is 12.6. The van der Waals surface area contributed by atoms with Crippen LogP contribution < -0.4 is 10.5 Å². The maximum Gasteiger partial charge on any atom is 0.167 e. The number of nitrogens with zero attached hydrogens (tertiary/aromatic N) is 1. The number of rotatable bonds is 3. The van der Waals surface area contributed by atoms with Crippen molar-refractivity contribution in [3.63, 3.8) is 0 Å². The molecule has 0 aliphatic rings. The van der Waals surface area contributed by atoms with Gasteiger partial charge in [0, 0.05) is 11.5 Å². The van der Waals surface area contributed by atoms with Crippen molar-refractivity contribution < 1.29 is 9.13 Å². The molecule has 94 valence electrons. The third kappa shape index (κ3) is 3.73. The molecule has 0 saturated heterocycles. The van der Waals surface area contributed by atoms with Crippen molar-refractivity contribution in [2.24, 2.45) is 16.1 Å². The molecule has 0 saturated carbocycles. The van der Waals surface area contributed by atoms with E-state index in [1.165, 1.54) is 6.07 Å². The van der Waals surface area contributed by atoms with Crippen LogP contribution in [0.3, 0.4) is 0 Å². The Morgan fingerprint density at radius 1 is 1.41 bits per heavy atom. The molecule has 0 heterocycles. The van der Waals surface area contributed by atoms with E-state index in [2.05, 4.69) is 4.99 Å². The molecule has 4 heteroatoms. The minimum absolute atomic E-state index is 0.227. The monoisotopic (exact) mass is 238 g/mol. The van der Waals surface area contributed by atoms with Crippen molar-refractivity contribution in [1.82, 2.24) is 0 Å².